The second kappa shape index (κ2) is 7.71. The Morgan fingerprint density at radius 3 is 2.93 bits per heavy atom. The number of rotatable bonds is 4. The van der Waals surface area contributed by atoms with Crippen LogP contribution in [0.5, 0.6) is 0 Å². The number of pyridine rings is 1. The van der Waals surface area contributed by atoms with Crippen LogP contribution in [0.3, 0.4) is 0 Å². The average Bonchev–Trinajstić information content (AvgIpc) is 3.14. The number of nitrogens with one attached hydrogen (secondary N) is 1. The number of nitrogens with two attached hydrogens (primary N) is 1. The van der Waals surface area contributed by atoms with E-state index in [1.807, 2.05) is 19.9 Å². The van der Waals surface area contributed by atoms with Gasteiger partial charge in [-0.15, -0.1) is 5.10 Å². The normalized spacial score (nSPS) is 16.0. The Morgan fingerprint density at radius 1 is 1.34 bits per heavy atom. The molecule has 1 atom stereocenters. The largest absolute Gasteiger partial charge is 0.327 e. The lowest BCUT2D eigenvalue weighted by atomic mass is 9.92. The molecule has 1 amide bonds. The monoisotopic (exact) mass is 394 g/mol. The lowest BCUT2D eigenvalue weighted by Crippen LogP contribution is -2.28. The first-order chi connectivity index (χ1) is 13.9. The van der Waals surface area contributed by atoms with Crippen LogP contribution in [-0.2, 0) is 12.8 Å². The predicted molar refractivity (Wildman–Crippen MR) is 108 cm³/mol. The topological polar surface area (TPSA) is 98.7 Å². The Balaban J connectivity index is 1.61. The number of amides is 1. The summed E-state index contributed by atoms with van der Waals surface area (Å²) in [5, 5.41) is 7.14. The summed E-state index contributed by atoms with van der Waals surface area (Å²) in [4.78, 5) is 21.6. The van der Waals surface area contributed by atoms with Crippen LogP contribution in [0.4, 0.5) is 10.1 Å². The standard InChI is InChI=1S/C21H23FN6O/c1-12(2)20-26-19(27-28(20)17-5-3-4-14(22)10-17)21(29)25-16-9-13-8-15(23)6-7-18(13)24-11-16/h3-5,9-12,15H,6-8,23H2,1-2H3,(H,25,29). The SMILES string of the molecule is CC(C)c1nc(C(=O)Nc2cnc3c(c2)CC(N)CC3)nn1-c1cccc(F)c1. The Bertz CT molecular complexity index is 1060. The van der Waals surface area contributed by atoms with E-state index in [1.54, 1.807) is 18.3 Å². The Morgan fingerprint density at radius 2 is 2.17 bits per heavy atom. The first kappa shape index (κ1) is 19.2. The minimum absolute atomic E-state index is 0.000726. The number of aryl methyl sites for hydroxylation is 1. The number of hydrogen-bond acceptors (Lipinski definition) is 5. The number of carbonyl (C=O) groups is 1. The minimum atomic E-state index is -0.441. The number of benzene rings is 1. The fourth-order valence-electron chi connectivity index (χ4n) is 3.49. The highest BCUT2D eigenvalue weighted by Crippen LogP contribution is 2.22. The minimum Gasteiger partial charge on any atom is -0.327 e. The summed E-state index contributed by atoms with van der Waals surface area (Å²) in [7, 11) is 0. The van der Waals surface area contributed by atoms with E-state index in [0.717, 1.165) is 30.5 Å². The smallest absolute Gasteiger partial charge is 0.295 e. The van der Waals surface area contributed by atoms with E-state index in [1.165, 1.54) is 16.8 Å². The maximum atomic E-state index is 13.6. The molecule has 8 heteroatoms. The van der Waals surface area contributed by atoms with Gasteiger partial charge in [-0.1, -0.05) is 19.9 Å². The first-order valence-electron chi connectivity index (χ1n) is 9.68. The summed E-state index contributed by atoms with van der Waals surface area (Å²) in [5.41, 5.74) is 9.22. The Labute approximate surface area is 168 Å². The number of carbonyl (C=O) groups excluding carboxylic acids is 1. The molecular weight excluding hydrogens is 371 g/mol. The number of aromatic nitrogens is 4. The van der Waals surface area contributed by atoms with Crippen molar-refractivity contribution in [3.8, 4) is 5.69 Å². The van der Waals surface area contributed by atoms with E-state index in [-0.39, 0.29) is 23.6 Å². The fraction of sp³-hybridized carbons (Fsp3) is 0.333. The van der Waals surface area contributed by atoms with Crippen LogP contribution in [0.2, 0.25) is 0 Å². The van der Waals surface area contributed by atoms with Crippen molar-refractivity contribution in [2.45, 2.75) is 45.1 Å². The molecule has 4 rings (SSSR count). The van der Waals surface area contributed by atoms with E-state index in [2.05, 4.69) is 20.4 Å². The Kier molecular flexibility index (Phi) is 5.10. The molecule has 3 N–H and O–H groups in total. The van der Waals surface area contributed by atoms with Crippen LogP contribution in [-0.4, -0.2) is 31.7 Å². The van der Waals surface area contributed by atoms with Gasteiger partial charge >= 0.3 is 0 Å². The van der Waals surface area contributed by atoms with Crippen molar-refractivity contribution in [2.24, 2.45) is 5.73 Å². The zero-order valence-corrected chi connectivity index (χ0v) is 16.4. The third kappa shape index (κ3) is 4.02. The molecule has 7 nitrogen and oxygen atoms in total. The van der Waals surface area contributed by atoms with Gasteiger partial charge < -0.3 is 11.1 Å². The maximum absolute atomic E-state index is 13.6. The maximum Gasteiger partial charge on any atom is 0.295 e. The number of hydrogen-bond donors (Lipinski definition) is 2. The second-order valence-corrected chi connectivity index (χ2v) is 7.63. The molecule has 1 aliphatic rings. The van der Waals surface area contributed by atoms with Gasteiger partial charge in [0.15, 0.2) is 0 Å². The predicted octanol–water partition coefficient (Wildman–Crippen LogP) is 2.99. The van der Waals surface area contributed by atoms with Crippen LogP contribution in [0, 0.1) is 5.82 Å². The molecule has 0 fully saturated rings. The lowest BCUT2D eigenvalue weighted by Gasteiger charge is -2.20. The molecule has 1 unspecified atom stereocenters. The van der Waals surface area contributed by atoms with Crippen LogP contribution in [0.25, 0.3) is 5.69 Å². The molecule has 0 aliphatic heterocycles. The quantitative estimate of drug-likeness (QED) is 0.709. The van der Waals surface area contributed by atoms with Crippen molar-refractivity contribution in [1.82, 2.24) is 19.7 Å². The van der Waals surface area contributed by atoms with Gasteiger partial charge in [0, 0.05) is 17.7 Å². The van der Waals surface area contributed by atoms with Gasteiger partial charge in [0.2, 0.25) is 5.82 Å². The molecule has 1 aliphatic carbocycles. The number of halogens is 1. The van der Waals surface area contributed by atoms with E-state index >= 15 is 0 Å². The molecular formula is C21H23FN6O. The summed E-state index contributed by atoms with van der Waals surface area (Å²) in [5.74, 6) is -0.220. The zero-order valence-electron chi connectivity index (χ0n) is 16.4. The van der Waals surface area contributed by atoms with Gasteiger partial charge in [-0.05, 0) is 49.1 Å². The van der Waals surface area contributed by atoms with Gasteiger partial charge in [-0.25, -0.2) is 14.1 Å². The van der Waals surface area contributed by atoms with E-state index in [9.17, 15) is 9.18 Å². The summed E-state index contributed by atoms with van der Waals surface area (Å²) in [6.07, 6.45) is 4.16. The first-order valence-corrected chi connectivity index (χ1v) is 9.68. The van der Waals surface area contributed by atoms with Gasteiger partial charge in [0.25, 0.3) is 5.91 Å². The molecule has 0 spiro atoms. The second-order valence-electron chi connectivity index (χ2n) is 7.63. The van der Waals surface area contributed by atoms with Crippen LogP contribution < -0.4 is 11.1 Å². The van der Waals surface area contributed by atoms with Crippen molar-refractivity contribution < 1.29 is 9.18 Å². The van der Waals surface area contributed by atoms with Crippen molar-refractivity contribution >= 4 is 11.6 Å². The van der Waals surface area contributed by atoms with E-state index in [4.69, 9.17) is 5.73 Å². The van der Waals surface area contributed by atoms with Gasteiger partial charge in [0.1, 0.15) is 11.6 Å². The van der Waals surface area contributed by atoms with Crippen molar-refractivity contribution in [2.75, 3.05) is 5.32 Å². The van der Waals surface area contributed by atoms with Crippen molar-refractivity contribution in [3.05, 3.63) is 65.3 Å². The zero-order chi connectivity index (χ0) is 20.5. The van der Waals surface area contributed by atoms with Crippen LogP contribution >= 0.6 is 0 Å². The van der Waals surface area contributed by atoms with E-state index < -0.39 is 5.91 Å². The molecule has 2 heterocycles. The molecule has 2 aromatic heterocycles. The highest BCUT2D eigenvalue weighted by Gasteiger charge is 2.21. The van der Waals surface area contributed by atoms with Gasteiger partial charge in [-0.2, -0.15) is 0 Å². The molecule has 1 aromatic carbocycles. The summed E-state index contributed by atoms with van der Waals surface area (Å²) in [6, 6.07) is 8.07. The van der Waals surface area contributed by atoms with Crippen LogP contribution in [0.15, 0.2) is 36.5 Å². The molecule has 0 saturated carbocycles. The molecule has 3 aromatic rings. The van der Waals surface area contributed by atoms with Crippen molar-refractivity contribution in [1.29, 1.82) is 0 Å². The third-order valence-corrected chi connectivity index (χ3v) is 4.96. The number of fused-ring (bicyclic) bond motifs is 1. The highest BCUT2D eigenvalue weighted by molar-refractivity contribution is 6.01. The summed E-state index contributed by atoms with van der Waals surface area (Å²) in [6.45, 7) is 3.89. The Hall–Kier alpha value is -3.13. The molecule has 0 bridgehead atoms. The van der Waals surface area contributed by atoms with E-state index in [0.29, 0.717) is 17.2 Å². The van der Waals surface area contributed by atoms with Gasteiger partial charge in [0.05, 0.1) is 17.6 Å². The molecule has 0 radical (unpaired) electrons. The lowest BCUT2D eigenvalue weighted by molar-refractivity contribution is 0.101. The van der Waals surface area contributed by atoms with Crippen LogP contribution in [0.1, 0.15) is 53.9 Å². The molecule has 29 heavy (non-hydrogen) atoms. The summed E-state index contributed by atoms with van der Waals surface area (Å²) < 4.78 is 15.2. The number of anilines is 1. The molecule has 0 saturated heterocycles. The summed E-state index contributed by atoms with van der Waals surface area (Å²) >= 11 is 0. The highest BCUT2D eigenvalue weighted by atomic mass is 19.1. The third-order valence-electron chi connectivity index (χ3n) is 4.96. The molecule has 150 valence electrons. The van der Waals surface area contributed by atoms with Gasteiger partial charge in [-0.3, -0.25) is 9.78 Å². The average molecular weight is 394 g/mol. The number of nitrogens with zero attached hydrogens (tertiary/aromatic N) is 4. The van der Waals surface area contributed by atoms with Crippen molar-refractivity contribution in [3.63, 3.8) is 0 Å². The fourth-order valence-corrected chi connectivity index (χ4v) is 3.49.